The van der Waals surface area contributed by atoms with Gasteiger partial charge in [-0.1, -0.05) is 6.92 Å². The van der Waals surface area contributed by atoms with Crippen molar-refractivity contribution in [3.8, 4) is 0 Å². The molecule has 6 N–H and O–H groups in total. The smallest absolute Gasteiger partial charge is 0.114 e. The highest BCUT2D eigenvalue weighted by Gasteiger charge is 2.24. The summed E-state index contributed by atoms with van der Waals surface area (Å²) < 4.78 is 33.0. The molecule has 0 fully saturated rings. The standard InChI is InChI=1S/C25H53NO10/c1-4-24(2,35-15-7-13-32-19-23(30)21-34-17-11-28)8-5-14-36-25(3,26)9-6-12-31-18-22(29)20-33-16-10-27/h22-23,27-30H,4-21,26H2,1-3H3. The lowest BCUT2D eigenvalue weighted by atomic mass is 9.97. The summed E-state index contributed by atoms with van der Waals surface area (Å²) in [6.45, 7) is 9.05. The number of aliphatic hydroxyl groups is 4. The second-order valence-electron chi connectivity index (χ2n) is 9.43. The van der Waals surface area contributed by atoms with E-state index in [-0.39, 0.29) is 58.5 Å². The first-order valence-electron chi connectivity index (χ1n) is 13.1. The molecule has 0 bridgehead atoms. The summed E-state index contributed by atoms with van der Waals surface area (Å²) in [5, 5.41) is 36.7. The van der Waals surface area contributed by atoms with Crippen LogP contribution in [0.25, 0.3) is 0 Å². The lowest BCUT2D eigenvalue weighted by Crippen LogP contribution is -2.40. The normalized spacial score (nSPS) is 17.0. The van der Waals surface area contributed by atoms with E-state index in [0.717, 1.165) is 25.7 Å². The topological polar surface area (TPSA) is 162 Å². The summed E-state index contributed by atoms with van der Waals surface area (Å²) in [7, 11) is 0. The first-order chi connectivity index (χ1) is 17.2. The van der Waals surface area contributed by atoms with Crippen molar-refractivity contribution in [2.24, 2.45) is 5.73 Å². The molecule has 4 atom stereocenters. The van der Waals surface area contributed by atoms with Gasteiger partial charge in [-0.3, -0.25) is 0 Å². The molecule has 0 saturated carbocycles. The fraction of sp³-hybridized carbons (Fsp3) is 1.00. The van der Waals surface area contributed by atoms with E-state index in [1.54, 1.807) is 0 Å². The lowest BCUT2D eigenvalue weighted by Gasteiger charge is -2.30. The molecule has 0 aromatic carbocycles. The zero-order valence-corrected chi connectivity index (χ0v) is 22.7. The highest BCUT2D eigenvalue weighted by Crippen LogP contribution is 2.23. The summed E-state index contributed by atoms with van der Waals surface area (Å²) in [5.41, 5.74) is 5.25. The van der Waals surface area contributed by atoms with Gasteiger partial charge in [0.1, 0.15) is 17.9 Å². The van der Waals surface area contributed by atoms with Gasteiger partial charge in [-0.15, -0.1) is 0 Å². The molecule has 218 valence electrons. The zero-order chi connectivity index (χ0) is 27.1. The molecule has 0 aromatic heterocycles. The molecule has 0 aliphatic heterocycles. The Morgan fingerprint density at radius 1 is 0.639 bits per heavy atom. The minimum Gasteiger partial charge on any atom is -0.394 e. The second kappa shape index (κ2) is 22.5. The Morgan fingerprint density at radius 2 is 1.08 bits per heavy atom. The average Bonchev–Trinajstić information content (AvgIpc) is 2.84. The van der Waals surface area contributed by atoms with Gasteiger partial charge in [-0.05, 0) is 52.4 Å². The van der Waals surface area contributed by atoms with E-state index in [1.165, 1.54) is 0 Å². The largest absolute Gasteiger partial charge is 0.394 e. The molecule has 0 heterocycles. The highest BCUT2D eigenvalue weighted by atomic mass is 16.5. The minimum atomic E-state index is -0.749. The molecule has 0 aliphatic rings. The van der Waals surface area contributed by atoms with Crippen LogP contribution >= 0.6 is 0 Å². The van der Waals surface area contributed by atoms with Crippen LogP contribution in [0, 0.1) is 0 Å². The van der Waals surface area contributed by atoms with Gasteiger partial charge in [0.15, 0.2) is 0 Å². The number of hydrogen-bond acceptors (Lipinski definition) is 11. The van der Waals surface area contributed by atoms with Crippen LogP contribution in [0.5, 0.6) is 0 Å². The first-order valence-corrected chi connectivity index (χ1v) is 13.1. The molecule has 11 heteroatoms. The van der Waals surface area contributed by atoms with Gasteiger partial charge in [0, 0.05) is 26.4 Å². The zero-order valence-electron chi connectivity index (χ0n) is 22.7. The summed E-state index contributed by atoms with van der Waals surface area (Å²) in [6, 6.07) is 0. The van der Waals surface area contributed by atoms with E-state index in [1.807, 2.05) is 6.92 Å². The molecular formula is C25H53NO10. The minimum absolute atomic E-state index is 0.0639. The number of rotatable bonds is 27. The van der Waals surface area contributed by atoms with E-state index < -0.39 is 17.9 Å². The Hall–Kier alpha value is -0.440. The van der Waals surface area contributed by atoms with Crippen LogP contribution in [-0.2, 0) is 28.4 Å². The fourth-order valence-electron chi connectivity index (χ4n) is 3.28. The third-order valence-electron chi connectivity index (χ3n) is 5.59. The van der Waals surface area contributed by atoms with Crippen molar-refractivity contribution < 1.29 is 48.8 Å². The second-order valence-corrected chi connectivity index (χ2v) is 9.43. The van der Waals surface area contributed by atoms with Crippen molar-refractivity contribution in [3.05, 3.63) is 0 Å². The average molecular weight is 528 g/mol. The molecule has 11 nitrogen and oxygen atoms in total. The van der Waals surface area contributed by atoms with Crippen molar-refractivity contribution in [1.29, 1.82) is 0 Å². The van der Waals surface area contributed by atoms with Gasteiger partial charge < -0.3 is 54.6 Å². The summed E-state index contributed by atoms with van der Waals surface area (Å²) in [6.07, 6.45) is 3.21. The summed E-state index contributed by atoms with van der Waals surface area (Å²) in [4.78, 5) is 0. The Morgan fingerprint density at radius 3 is 1.58 bits per heavy atom. The van der Waals surface area contributed by atoms with E-state index >= 15 is 0 Å². The van der Waals surface area contributed by atoms with Crippen molar-refractivity contribution in [3.63, 3.8) is 0 Å². The molecule has 0 spiro atoms. The number of ether oxygens (including phenoxy) is 6. The van der Waals surface area contributed by atoms with Crippen LogP contribution in [-0.4, -0.2) is 123 Å². The van der Waals surface area contributed by atoms with E-state index in [4.69, 9.17) is 44.4 Å². The van der Waals surface area contributed by atoms with Gasteiger partial charge in [0.2, 0.25) is 0 Å². The Labute approximate surface area is 217 Å². The van der Waals surface area contributed by atoms with Crippen molar-refractivity contribution >= 4 is 0 Å². The monoisotopic (exact) mass is 527 g/mol. The van der Waals surface area contributed by atoms with Crippen LogP contribution in [0.4, 0.5) is 0 Å². The van der Waals surface area contributed by atoms with Gasteiger partial charge in [-0.2, -0.15) is 0 Å². The van der Waals surface area contributed by atoms with E-state index in [0.29, 0.717) is 39.3 Å². The molecular weight excluding hydrogens is 474 g/mol. The molecule has 4 unspecified atom stereocenters. The van der Waals surface area contributed by atoms with Crippen LogP contribution < -0.4 is 5.73 Å². The van der Waals surface area contributed by atoms with Gasteiger partial charge in [0.25, 0.3) is 0 Å². The predicted molar refractivity (Wildman–Crippen MR) is 136 cm³/mol. The molecule has 0 amide bonds. The Bertz CT molecular complexity index is 486. The van der Waals surface area contributed by atoms with E-state index in [2.05, 4.69) is 13.8 Å². The molecule has 0 rings (SSSR count). The van der Waals surface area contributed by atoms with Crippen molar-refractivity contribution in [1.82, 2.24) is 0 Å². The number of aliphatic hydroxyl groups excluding tert-OH is 4. The number of hydrogen-bond donors (Lipinski definition) is 5. The third-order valence-corrected chi connectivity index (χ3v) is 5.59. The Balaban J connectivity index is 3.86. The van der Waals surface area contributed by atoms with Crippen molar-refractivity contribution in [2.45, 2.75) is 82.8 Å². The van der Waals surface area contributed by atoms with Crippen LogP contribution in [0.15, 0.2) is 0 Å². The summed E-state index contributed by atoms with van der Waals surface area (Å²) in [5.74, 6) is 0. The molecule has 0 radical (unpaired) electrons. The third kappa shape index (κ3) is 21.6. The fourth-order valence-corrected chi connectivity index (χ4v) is 3.28. The Kier molecular flexibility index (Phi) is 22.3. The maximum atomic E-state index is 9.69. The SMILES string of the molecule is CCC(C)(CCCOC(C)(N)CCCOCC(O)COCCO)OCCCOCC(O)COCCO. The molecule has 36 heavy (non-hydrogen) atoms. The molecule has 0 aromatic rings. The maximum absolute atomic E-state index is 9.69. The van der Waals surface area contributed by atoms with Crippen molar-refractivity contribution in [2.75, 3.05) is 79.3 Å². The predicted octanol–water partition coefficient (Wildman–Crippen LogP) is 0.587. The van der Waals surface area contributed by atoms with Gasteiger partial charge >= 0.3 is 0 Å². The summed E-state index contributed by atoms with van der Waals surface area (Å²) >= 11 is 0. The van der Waals surface area contributed by atoms with E-state index in [9.17, 15) is 10.2 Å². The van der Waals surface area contributed by atoms with Crippen LogP contribution in [0.1, 0.15) is 59.3 Å². The van der Waals surface area contributed by atoms with Gasteiger partial charge in [0.05, 0.1) is 58.5 Å². The first kappa shape index (κ1) is 35.6. The van der Waals surface area contributed by atoms with Gasteiger partial charge in [-0.25, -0.2) is 0 Å². The lowest BCUT2D eigenvalue weighted by molar-refractivity contribution is -0.0724. The molecule has 0 aliphatic carbocycles. The highest BCUT2D eigenvalue weighted by molar-refractivity contribution is 4.74. The number of nitrogens with two attached hydrogens (primary N) is 1. The van der Waals surface area contributed by atoms with Crippen LogP contribution in [0.2, 0.25) is 0 Å². The molecule has 0 saturated heterocycles. The van der Waals surface area contributed by atoms with Crippen LogP contribution in [0.3, 0.4) is 0 Å². The quantitative estimate of drug-likeness (QED) is 0.0750. The maximum Gasteiger partial charge on any atom is 0.114 e.